The van der Waals surface area contributed by atoms with Crippen LogP contribution in [0.5, 0.6) is 11.5 Å². The number of carbonyl (C=O) groups excluding carboxylic acids is 1. The van der Waals surface area contributed by atoms with Gasteiger partial charge in [-0.15, -0.1) is 0 Å². The first kappa shape index (κ1) is 19.2. The lowest BCUT2D eigenvalue weighted by Gasteiger charge is -2.40. The van der Waals surface area contributed by atoms with Crippen molar-refractivity contribution in [2.75, 3.05) is 45.3 Å². The first-order chi connectivity index (χ1) is 13.1. The lowest BCUT2D eigenvalue weighted by molar-refractivity contribution is 0.112. The highest BCUT2D eigenvalue weighted by Crippen LogP contribution is 2.33. The number of hydrogen-bond donors (Lipinski definition) is 0. The van der Waals surface area contributed by atoms with E-state index in [-0.39, 0.29) is 6.04 Å². The van der Waals surface area contributed by atoms with Gasteiger partial charge in [-0.25, -0.2) is 0 Å². The minimum absolute atomic E-state index is 0.270. The average Bonchev–Trinajstić information content (AvgIpc) is 2.72. The van der Waals surface area contributed by atoms with Gasteiger partial charge in [0, 0.05) is 55.1 Å². The highest BCUT2D eigenvalue weighted by atomic mass is 16.5. The maximum absolute atomic E-state index is 11.0. The van der Waals surface area contributed by atoms with Gasteiger partial charge in [-0.05, 0) is 43.7 Å². The van der Waals surface area contributed by atoms with Crippen LogP contribution in [0.4, 0.5) is 5.69 Å². The molecule has 0 amide bonds. The van der Waals surface area contributed by atoms with Gasteiger partial charge in [-0.3, -0.25) is 9.69 Å². The van der Waals surface area contributed by atoms with E-state index in [1.807, 2.05) is 24.3 Å². The van der Waals surface area contributed by atoms with Crippen molar-refractivity contribution in [2.24, 2.45) is 0 Å². The molecule has 0 saturated carbocycles. The zero-order valence-electron chi connectivity index (χ0n) is 16.6. The van der Waals surface area contributed by atoms with Crippen molar-refractivity contribution in [2.45, 2.75) is 19.9 Å². The molecule has 27 heavy (non-hydrogen) atoms. The Morgan fingerprint density at radius 3 is 2.33 bits per heavy atom. The second-order valence-corrected chi connectivity index (χ2v) is 6.97. The van der Waals surface area contributed by atoms with Crippen molar-refractivity contribution >= 4 is 12.0 Å². The predicted octanol–water partition coefficient (Wildman–Crippen LogP) is 3.71. The van der Waals surface area contributed by atoms with E-state index in [0.29, 0.717) is 0 Å². The van der Waals surface area contributed by atoms with Crippen molar-refractivity contribution in [1.29, 1.82) is 0 Å². The quantitative estimate of drug-likeness (QED) is 0.727. The number of nitrogens with zero attached hydrogens (tertiary/aromatic N) is 2. The molecule has 0 aliphatic carbocycles. The Labute approximate surface area is 161 Å². The van der Waals surface area contributed by atoms with Crippen LogP contribution < -0.4 is 14.4 Å². The van der Waals surface area contributed by atoms with E-state index < -0.39 is 0 Å². The number of hydrogen-bond acceptors (Lipinski definition) is 5. The molecule has 0 bridgehead atoms. The maximum atomic E-state index is 11.0. The van der Waals surface area contributed by atoms with Gasteiger partial charge in [-0.2, -0.15) is 0 Å². The van der Waals surface area contributed by atoms with Gasteiger partial charge in [0.1, 0.15) is 17.8 Å². The molecule has 2 aromatic rings. The van der Waals surface area contributed by atoms with Crippen LogP contribution in [0.1, 0.15) is 34.5 Å². The van der Waals surface area contributed by atoms with Crippen molar-refractivity contribution in [1.82, 2.24) is 4.90 Å². The summed E-state index contributed by atoms with van der Waals surface area (Å²) in [7, 11) is 3.37. The molecule has 0 radical (unpaired) electrons. The molecular formula is C22H28N2O3. The summed E-state index contributed by atoms with van der Waals surface area (Å²) in [4.78, 5) is 15.8. The van der Waals surface area contributed by atoms with Gasteiger partial charge in [0.15, 0.2) is 0 Å². The zero-order chi connectivity index (χ0) is 19.4. The Hall–Kier alpha value is -2.53. The third kappa shape index (κ3) is 4.08. The second-order valence-electron chi connectivity index (χ2n) is 6.97. The van der Waals surface area contributed by atoms with Crippen LogP contribution in [0.2, 0.25) is 0 Å². The van der Waals surface area contributed by atoms with Gasteiger partial charge in [0.25, 0.3) is 0 Å². The van der Waals surface area contributed by atoms with Gasteiger partial charge >= 0.3 is 0 Å². The van der Waals surface area contributed by atoms with Gasteiger partial charge in [0.2, 0.25) is 0 Å². The molecule has 3 rings (SSSR count). The summed E-state index contributed by atoms with van der Waals surface area (Å²) in [6.07, 6.45) is 0.901. The Kier molecular flexibility index (Phi) is 6.01. The minimum Gasteiger partial charge on any atom is -0.497 e. The van der Waals surface area contributed by atoms with E-state index in [4.69, 9.17) is 9.47 Å². The molecule has 1 fully saturated rings. The van der Waals surface area contributed by atoms with E-state index in [2.05, 4.69) is 35.8 Å². The lowest BCUT2D eigenvalue weighted by Crippen LogP contribution is -2.47. The topological polar surface area (TPSA) is 42.0 Å². The zero-order valence-corrected chi connectivity index (χ0v) is 16.6. The standard InChI is InChI=1S/C22H28N2O3/c1-16-13-18(15-25)5-8-21(16)24-11-9-23(10-12-24)17(2)20-7-6-19(26-3)14-22(20)27-4/h5-8,13-15,17H,9-12H2,1-4H3/t17-/m0/s1. The van der Waals surface area contributed by atoms with Gasteiger partial charge in [-0.1, -0.05) is 6.07 Å². The number of aldehydes is 1. The predicted molar refractivity (Wildman–Crippen MR) is 108 cm³/mol. The summed E-state index contributed by atoms with van der Waals surface area (Å²) in [5, 5.41) is 0. The molecule has 2 aromatic carbocycles. The molecule has 5 heteroatoms. The van der Waals surface area contributed by atoms with Crippen LogP contribution in [-0.4, -0.2) is 51.6 Å². The normalized spacial score (nSPS) is 16.1. The van der Waals surface area contributed by atoms with Crippen molar-refractivity contribution in [3.63, 3.8) is 0 Å². The Morgan fingerprint density at radius 1 is 1.00 bits per heavy atom. The molecule has 0 spiro atoms. The molecule has 1 atom stereocenters. The fraction of sp³-hybridized carbons (Fsp3) is 0.409. The summed E-state index contributed by atoms with van der Waals surface area (Å²) < 4.78 is 10.9. The monoisotopic (exact) mass is 368 g/mol. The number of piperazine rings is 1. The SMILES string of the molecule is COc1ccc([C@H](C)N2CCN(c3ccc(C=O)cc3C)CC2)c(OC)c1. The van der Waals surface area contributed by atoms with Crippen molar-refractivity contribution in [3.8, 4) is 11.5 Å². The summed E-state index contributed by atoms with van der Waals surface area (Å²) >= 11 is 0. The number of carbonyl (C=O) groups is 1. The van der Waals surface area contributed by atoms with Crippen molar-refractivity contribution < 1.29 is 14.3 Å². The van der Waals surface area contributed by atoms with E-state index in [9.17, 15) is 4.79 Å². The van der Waals surface area contributed by atoms with Crippen LogP contribution in [0.15, 0.2) is 36.4 Å². The molecule has 1 saturated heterocycles. The number of aryl methyl sites for hydroxylation is 1. The summed E-state index contributed by atoms with van der Waals surface area (Å²) in [5.41, 5.74) is 4.28. The van der Waals surface area contributed by atoms with Crippen LogP contribution >= 0.6 is 0 Å². The minimum atomic E-state index is 0.270. The molecular weight excluding hydrogens is 340 g/mol. The van der Waals surface area contributed by atoms with Crippen molar-refractivity contribution in [3.05, 3.63) is 53.1 Å². The van der Waals surface area contributed by atoms with E-state index >= 15 is 0 Å². The first-order valence-corrected chi connectivity index (χ1v) is 9.34. The first-order valence-electron chi connectivity index (χ1n) is 9.34. The van der Waals surface area contributed by atoms with Crippen LogP contribution in [-0.2, 0) is 0 Å². The number of rotatable bonds is 6. The number of methoxy groups -OCH3 is 2. The molecule has 1 aliphatic rings. The number of benzene rings is 2. The number of anilines is 1. The fourth-order valence-corrected chi connectivity index (χ4v) is 3.82. The molecule has 144 valence electrons. The Bertz CT molecular complexity index is 798. The van der Waals surface area contributed by atoms with E-state index in [1.54, 1.807) is 14.2 Å². The second kappa shape index (κ2) is 8.44. The van der Waals surface area contributed by atoms with Gasteiger partial charge in [0.05, 0.1) is 14.2 Å². The van der Waals surface area contributed by atoms with Crippen LogP contribution in [0.25, 0.3) is 0 Å². The smallest absolute Gasteiger partial charge is 0.150 e. The highest BCUT2D eigenvalue weighted by Gasteiger charge is 2.25. The van der Waals surface area contributed by atoms with Gasteiger partial charge < -0.3 is 14.4 Å². The maximum Gasteiger partial charge on any atom is 0.150 e. The number of ether oxygens (including phenoxy) is 2. The molecule has 0 N–H and O–H groups in total. The lowest BCUT2D eigenvalue weighted by atomic mass is 10.0. The average molecular weight is 368 g/mol. The molecule has 0 unspecified atom stereocenters. The van der Waals surface area contributed by atoms with Crippen LogP contribution in [0, 0.1) is 6.92 Å². The summed E-state index contributed by atoms with van der Waals surface area (Å²) in [6, 6.07) is 12.2. The van der Waals surface area contributed by atoms with E-state index in [1.165, 1.54) is 11.3 Å². The Balaban J connectivity index is 1.69. The molecule has 0 aromatic heterocycles. The fourth-order valence-electron chi connectivity index (χ4n) is 3.82. The van der Waals surface area contributed by atoms with E-state index in [0.717, 1.165) is 55.1 Å². The Morgan fingerprint density at radius 2 is 1.74 bits per heavy atom. The third-order valence-electron chi connectivity index (χ3n) is 5.45. The summed E-state index contributed by atoms with van der Waals surface area (Å²) in [5.74, 6) is 1.67. The van der Waals surface area contributed by atoms with Crippen LogP contribution in [0.3, 0.4) is 0 Å². The third-order valence-corrected chi connectivity index (χ3v) is 5.45. The largest absolute Gasteiger partial charge is 0.497 e. The highest BCUT2D eigenvalue weighted by molar-refractivity contribution is 5.77. The molecule has 1 heterocycles. The molecule has 5 nitrogen and oxygen atoms in total. The summed E-state index contributed by atoms with van der Waals surface area (Å²) in [6.45, 7) is 8.17. The molecule has 1 aliphatic heterocycles.